The number of carbonyl (C=O) groups is 1. The molecular weight excluding hydrogens is 437 g/mol. The van der Waals surface area contributed by atoms with Crippen molar-refractivity contribution < 1.29 is 4.79 Å². The van der Waals surface area contributed by atoms with Crippen LogP contribution >= 0.6 is 23.2 Å². The zero-order chi connectivity index (χ0) is 22.1. The quantitative estimate of drug-likeness (QED) is 0.480. The summed E-state index contributed by atoms with van der Waals surface area (Å²) in [6, 6.07) is 5.63. The molecule has 0 unspecified atom stereocenters. The maximum absolute atomic E-state index is 11.6. The fourth-order valence-electron chi connectivity index (χ4n) is 4.00. The fraction of sp³-hybridized carbons (Fsp3) is 0.429. The molecule has 1 aliphatic carbocycles. The number of rotatable bonds is 6. The highest BCUT2D eigenvalue weighted by molar-refractivity contribution is 6.39. The number of hydrogen-bond acceptors (Lipinski definition) is 6. The van der Waals surface area contributed by atoms with Crippen LogP contribution in [0.15, 0.2) is 24.4 Å². The Morgan fingerprint density at radius 2 is 1.84 bits per heavy atom. The van der Waals surface area contributed by atoms with Crippen molar-refractivity contribution in [1.82, 2.24) is 19.5 Å². The van der Waals surface area contributed by atoms with Gasteiger partial charge in [0.15, 0.2) is 5.65 Å². The number of halogens is 2. The van der Waals surface area contributed by atoms with E-state index in [-0.39, 0.29) is 23.9 Å². The van der Waals surface area contributed by atoms with Crippen LogP contribution in [0.2, 0.25) is 10.0 Å². The third kappa shape index (κ3) is 4.55. The van der Waals surface area contributed by atoms with Crippen LogP contribution in [0.4, 0.5) is 17.6 Å². The average molecular weight is 462 g/mol. The van der Waals surface area contributed by atoms with E-state index in [0.29, 0.717) is 38.8 Å². The lowest BCUT2D eigenvalue weighted by molar-refractivity contribution is -0.122. The number of nitrogens with two attached hydrogens (primary N) is 1. The van der Waals surface area contributed by atoms with Crippen molar-refractivity contribution in [3.8, 4) is 0 Å². The van der Waals surface area contributed by atoms with Crippen LogP contribution in [-0.2, 0) is 4.79 Å². The molecular formula is C21H25Cl2N7O. The zero-order valence-corrected chi connectivity index (χ0v) is 18.9. The normalized spacial score (nSPS) is 19.0. The second-order valence-electron chi connectivity index (χ2n) is 8.14. The lowest BCUT2D eigenvalue weighted by Gasteiger charge is -2.29. The van der Waals surface area contributed by atoms with Crippen LogP contribution in [0, 0.1) is 5.92 Å². The fourth-order valence-corrected chi connectivity index (χ4v) is 4.49. The van der Waals surface area contributed by atoms with Gasteiger partial charge in [-0.25, -0.2) is 9.97 Å². The molecule has 2 aromatic heterocycles. The number of anilines is 3. The number of benzene rings is 1. The van der Waals surface area contributed by atoms with Crippen LogP contribution in [0.25, 0.3) is 11.2 Å². The topological polar surface area (TPSA) is 111 Å². The van der Waals surface area contributed by atoms with Gasteiger partial charge in [0.1, 0.15) is 5.52 Å². The summed E-state index contributed by atoms with van der Waals surface area (Å²) in [6.07, 6.45) is 4.75. The van der Waals surface area contributed by atoms with E-state index >= 15 is 0 Å². The van der Waals surface area contributed by atoms with Gasteiger partial charge in [0.2, 0.25) is 17.8 Å². The molecule has 0 atom stereocenters. The van der Waals surface area contributed by atoms with Gasteiger partial charge in [-0.05, 0) is 51.7 Å². The number of para-hydroxylation sites is 1. The van der Waals surface area contributed by atoms with Gasteiger partial charge in [-0.2, -0.15) is 4.98 Å². The standard InChI is InChI=1S/C21H25Cl2N7O/c1-11(2)26-20-25-10-16-19(29-20)30(13-8-6-12(7-9-13)18(24)31)21(27-16)28-17-14(22)4-3-5-15(17)23/h3-5,10-13H,6-9H2,1-2H3,(H2,24,31)(H,27,28)(H,25,26,29). The minimum absolute atomic E-state index is 0.0896. The van der Waals surface area contributed by atoms with Crippen LogP contribution in [0.1, 0.15) is 45.6 Å². The Bertz CT molecular complexity index is 1090. The van der Waals surface area contributed by atoms with Gasteiger partial charge < -0.3 is 16.4 Å². The summed E-state index contributed by atoms with van der Waals surface area (Å²) in [5, 5.41) is 7.53. The van der Waals surface area contributed by atoms with Crippen LogP contribution < -0.4 is 16.4 Å². The second-order valence-corrected chi connectivity index (χ2v) is 8.95. The van der Waals surface area contributed by atoms with E-state index in [9.17, 15) is 4.79 Å². The summed E-state index contributed by atoms with van der Waals surface area (Å²) >= 11 is 12.8. The molecule has 8 nitrogen and oxygen atoms in total. The van der Waals surface area contributed by atoms with E-state index in [1.165, 1.54) is 0 Å². The number of fused-ring (bicyclic) bond motifs is 1. The number of nitrogens with one attached hydrogen (secondary N) is 2. The first-order chi connectivity index (χ1) is 14.8. The third-order valence-electron chi connectivity index (χ3n) is 5.51. The Balaban J connectivity index is 1.77. The number of imidazole rings is 1. The Labute approximate surface area is 190 Å². The number of carbonyl (C=O) groups excluding carboxylic acids is 1. The van der Waals surface area contributed by atoms with Crippen LogP contribution in [0.3, 0.4) is 0 Å². The van der Waals surface area contributed by atoms with Gasteiger partial charge in [-0.3, -0.25) is 9.36 Å². The largest absolute Gasteiger partial charge is 0.369 e. The number of aromatic nitrogens is 4. The summed E-state index contributed by atoms with van der Waals surface area (Å²) in [5.74, 6) is 0.800. The Hall–Kier alpha value is -2.58. The molecule has 164 valence electrons. The summed E-state index contributed by atoms with van der Waals surface area (Å²) in [5.41, 5.74) is 7.49. The molecule has 1 saturated carbocycles. The smallest absolute Gasteiger partial charge is 0.224 e. The molecule has 0 radical (unpaired) electrons. The Kier molecular flexibility index (Phi) is 6.20. The van der Waals surface area contributed by atoms with Crippen LogP contribution in [-0.4, -0.2) is 31.5 Å². The summed E-state index contributed by atoms with van der Waals surface area (Å²) in [4.78, 5) is 25.5. The van der Waals surface area contributed by atoms with Gasteiger partial charge >= 0.3 is 0 Å². The van der Waals surface area contributed by atoms with Gasteiger partial charge in [-0.15, -0.1) is 0 Å². The predicted octanol–water partition coefficient (Wildman–Crippen LogP) is 4.91. The molecule has 4 rings (SSSR count). The molecule has 31 heavy (non-hydrogen) atoms. The molecule has 10 heteroatoms. The SMILES string of the molecule is CC(C)Nc1ncc2nc(Nc3c(Cl)cccc3Cl)n(C3CCC(C(N)=O)CC3)c2n1. The molecule has 1 amide bonds. The zero-order valence-electron chi connectivity index (χ0n) is 17.4. The van der Waals surface area contributed by atoms with Crippen LogP contribution in [0.5, 0.6) is 0 Å². The number of amides is 1. The van der Waals surface area contributed by atoms with E-state index in [0.717, 1.165) is 25.7 Å². The van der Waals surface area contributed by atoms with Crippen molar-refractivity contribution in [3.63, 3.8) is 0 Å². The maximum atomic E-state index is 11.6. The molecule has 0 saturated heterocycles. The third-order valence-corrected chi connectivity index (χ3v) is 6.14. The molecule has 1 fully saturated rings. The van der Waals surface area contributed by atoms with Crippen molar-refractivity contribution in [3.05, 3.63) is 34.4 Å². The van der Waals surface area contributed by atoms with Crippen molar-refractivity contribution >= 4 is 57.9 Å². The highest BCUT2D eigenvalue weighted by Gasteiger charge is 2.29. The number of hydrogen-bond donors (Lipinski definition) is 3. The van der Waals surface area contributed by atoms with Crippen molar-refractivity contribution in [2.45, 2.75) is 51.6 Å². The van der Waals surface area contributed by atoms with E-state index in [1.54, 1.807) is 24.4 Å². The lowest BCUT2D eigenvalue weighted by Crippen LogP contribution is -2.28. The minimum atomic E-state index is -0.235. The highest BCUT2D eigenvalue weighted by Crippen LogP contribution is 2.39. The first-order valence-corrected chi connectivity index (χ1v) is 11.1. The Morgan fingerprint density at radius 3 is 2.45 bits per heavy atom. The van der Waals surface area contributed by atoms with Gasteiger partial charge in [0.05, 0.1) is 21.9 Å². The molecule has 4 N–H and O–H groups in total. The van der Waals surface area contributed by atoms with Gasteiger partial charge in [0, 0.05) is 18.0 Å². The predicted molar refractivity (Wildman–Crippen MR) is 124 cm³/mol. The average Bonchev–Trinajstić information content (AvgIpc) is 3.07. The minimum Gasteiger partial charge on any atom is -0.369 e. The van der Waals surface area contributed by atoms with Gasteiger partial charge in [-0.1, -0.05) is 29.3 Å². The van der Waals surface area contributed by atoms with E-state index in [2.05, 4.69) is 20.2 Å². The molecule has 2 heterocycles. The summed E-state index contributed by atoms with van der Waals surface area (Å²) in [6.45, 7) is 4.06. The second kappa shape index (κ2) is 8.88. The molecule has 0 aliphatic heterocycles. The Morgan fingerprint density at radius 1 is 1.16 bits per heavy atom. The molecule has 1 aromatic carbocycles. The molecule has 0 bridgehead atoms. The van der Waals surface area contributed by atoms with Gasteiger partial charge in [0.25, 0.3) is 0 Å². The number of primary amides is 1. The van der Waals surface area contributed by atoms with Crippen molar-refractivity contribution in [2.75, 3.05) is 10.6 Å². The highest BCUT2D eigenvalue weighted by atomic mass is 35.5. The first kappa shape index (κ1) is 21.6. The molecule has 0 spiro atoms. The maximum Gasteiger partial charge on any atom is 0.224 e. The first-order valence-electron chi connectivity index (χ1n) is 10.4. The van der Waals surface area contributed by atoms with E-state index in [4.69, 9.17) is 38.9 Å². The summed E-state index contributed by atoms with van der Waals surface area (Å²) < 4.78 is 2.07. The lowest BCUT2D eigenvalue weighted by atomic mass is 9.85. The summed E-state index contributed by atoms with van der Waals surface area (Å²) in [7, 11) is 0. The van der Waals surface area contributed by atoms with Crippen molar-refractivity contribution in [2.24, 2.45) is 11.7 Å². The number of nitrogens with zero attached hydrogens (tertiary/aromatic N) is 4. The monoisotopic (exact) mass is 461 g/mol. The van der Waals surface area contributed by atoms with E-state index in [1.807, 2.05) is 13.8 Å². The molecule has 3 aromatic rings. The van der Waals surface area contributed by atoms with E-state index < -0.39 is 0 Å². The van der Waals surface area contributed by atoms with Crippen molar-refractivity contribution in [1.29, 1.82) is 0 Å². The molecule has 1 aliphatic rings.